The fraction of sp³-hybridized carbons (Fsp3) is 0.833. The van der Waals surface area contributed by atoms with Gasteiger partial charge in [-0.3, -0.25) is 0 Å². The average molecular weight is 159 g/mol. The molecule has 2 aliphatic heterocycles. The molecule has 3 N–H and O–H groups in total. The van der Waals surface area contributed by atoms with Crippen LogP contribution in [0.25, 0.3) is 0 Å². The van der Waals surface area contributed by atoms with E-state index < -0.39 is 6.09 Å². The quantitative estimate of drug-likeness (QED) is 0.444. The Balaban J connectivity index is 0.000000128. The van der Waals surface area contributed by atoms with Crippen LogP contribution in [0.4, 0.5) is 4.79 Å². The van der Waals surface area contributed by atoms with Gasteiger partial charge >= 0.3 is 6.09 Å². The molecule has 0 radical (unpaired) electrons. The zero-order valence-corrected chi connectivity index (χ0v) is 6.34. The van der Waals surface area contributed by atoms with Gasteiger partial charge in [0.1, 0.15) is 0 Å². The molecule has 0 aromatic rings. The first-order chi connectivity index (χ1) is 5.30. The van der Waals surface area contributed by atoms with Crippen molar-refractivity contribution in [3.8, 4) is 0 Å². The highest BCUT2D eigenvalue weighted by Crippen LogP contribution is 1.89. The van der Waals surface area contributed by atoms with E-state index in [9.17, 15) is 4.79 Å². The number of hydrogen-bond donors (Lipinski definition) is 3. The van der Waals surface area contributed by atoms with Gasteiger partial charge in [0, 0.05) is 6.54 Å². The maximum absolute atomic E-state index is 9.85. The smallest absolute Gasteiger partial charge is 0.421 e. The lowest BCUT2D eigenvalue weighted by atomic mass is 10.3. The molecule has 5 heteroatoms. The van der Waals surface area contributed by atoms with Crippen LogP contribution in [0.15, 0.2) is 0 Å². The number of rotatable bonds is 0. The molecule has 2 rings (SSSR count). The van der Waals surface area contributed by atoms with Gasteiger partial charge in [-0.15, -0.1) is 0 Å². The Morgan fingerprint density at radius 2 is 1.82 bits per heavy atom. The summed E-state index contributed by atoms with van der Waals surface area (Å²) in [6, 6.07) is 0. The highest BCUT2D eigenvalue weighted by atomic mass is 16.4. The molecule has 2 saturated heterocycles. The first kappa shape index (κ1) is 8.29. The van der Waals surface area contributed by atoms with E-state index in [4.69, 9.17) is 5.11 Å². The van der Waals surface area contributed by atoms with Crippen LogP contribution < -0.4 is 10.7 Å². The van der Waals surface area contributed by atoms with Crippen LogP contribution >= 0.6 is 0 Å². The zero-order chi connectivity index (χ0) is 8.10. The van der Waals surface area contributed by atoms with Crippen LogP contribution in [0, 0.1) is 0 Å². The molecule has 1 amide bonds. The van der Waals surface area contributed by atoms with E-state index in [1.54, 1.807) is 0 Å². The maximum atomic E-state index is 9.85. The average Bonchev–Trinajstić information content (AvgIpc) is 1.49. The Kier molecular flexibility index (Phi) is 3.13. The van der Waals surface area contributed by atoms with Crippen LogP contribution in [0.2, 0.25) is 0 Å². The summed E-state index contributed by atoms with van der Waals surface area (Å²) in [5.41, 5.74) is 2.58. The van der Waals surface area contributed by atoms with E-state index >= 15 is 0 Å². The molecule has 0 atom stereocenters. The van der Waals surface area contributed by atoms with Gasteiger partial charge in [-0.05, 0) is 19.5 Å². The van der Waals surface area contributed by atoms with Crippen molar-refractivity contribution in [1.82, 2.24) is 15.8 Å². The topological polar surface area (TPSA) is 64.6 Å². The number of carbonyl (C=O) groups is 1. The number of hydrazine groups is 1. The van der Waals surface area contributed by atoms with Crippen molar-refractivity contribution in [3.05, 3.63) is 0 Å². The van der Waals surface area contributed by atoms with Crippen LogP contribution in [0.1, 0.15) is 6.42 Å². The minimum Gasteiger partial charge on any atom is -0.464 e. The molecule has 0 aromatic heterocycles. The molecular weight excluding hydrogens is 146 g/mol. The summed E-state index contributed by atoms with van der Waals surface area (Å²) >= 11 is 0. The third-order valence-electron chi connectivity index (χ3n) is 1.58. The molecule has 0 saturated carbocycles. The highest BCUT2D eigenvalue weighted by Gasteiger charge is 2.17. The Morgan fingerprint density at radius 1 is 1.36 bits per heavy atom. The number of carboxylic acid groups (broad SMARTS) is 1. The van der Waals surface area contributed by atoms with Crippen LogP contribution in [-0.2, 0) is 0 Å². The fourth-order valence-electron chi connectivity index (χ4n) is 0.564. The normalized spacial score (nSPS) is 20.5. The van der Waals surface area contributed by atoms with Crippen molar-refractivity contribution in [2.24, 2.45) is 0 Å². The second kappa shape index (κ2) is 4.15. The molecule has 0 unspecified atom stereocenters. The van der Waals surface area contributed by atoms with Crippen molar-refractivity contribution in [1.29, 1.82) is 0 Å². The molecule has 2 fully saturated rings. The van der Waals surface area contributed by atoms with E-state index in [0.29, 0.717) is 6.54 Å². The molecule has 0 bridgehead atoms. The lowest BCUT2D eigenvalue weighted by Crippen LogP contribution is -2.56. The molecule has 2 heterocycles. The van der Waals surface area contributed by atoms with Gasteiger partial charge in [-0.25, -0.2) is 15.2 Å². The standard InChI is InChI=1S/C3H6N2O2.C3H7N/c6-3(7)5-2-1-4-5;1-2-4-3-1/h4H,1-2H2,(H,6,7);4H,1-3H2. The lowest BCUT2D eigenvalue weighted by molar-refractivity contribution is 0.0811. The van der Waals surface area contributed by atoms with E-state index in [1.807, 2.05) is 0 Å². The largest absolute Gasteiger partial charge is 0.464 e. The summed E-state index contributed by atoms with van der Waals surface area (Å²) in [4.78, 5) is 9.85. The number of hydrogen-bond acceptors (Lipinski definition) is 3. The Labute approximate surface area is 65.3 Å². The first-order valence-electron chi connectivity index (χ1n) is 3.75. The second-order valence-corrected chi connectivity index (χ2v) is 2.45. The SMILES string of the molecule is C1CNC1.O=C(O)N1CCN1. The molecule has 5 nitrogen and oxygen atoms in total. The summed E-state index contributed by atoms with van der Waals surface area (Å²) in [5, 5.41) is 12.3. The van der Waals surface area contributed by atoms with Crippen molar-refractivity contribution < 1.29 is 9.90 Å². The highest BCUT2D eigenvalue weighted by molar-refractivity contribution is 5.64. The van der Waals surface area contributed by atoms with Crippen molar-refractivity contribution in [2.45, 2.75) is 6.42 Å². The third-order valence-corrected chi connectivity index (χ3v) is 1.58. The summed E-state index contributed by atoms with van der Waals surface area (Å²) in [6.45, 7) is 3.90. The Morgan fingerprint density at radius 3 is 1.82 bits per heavy atom. The van der Waals surface area contributed by atoms with Gasteiger partial charge in [0.15, 0.2) is 0 Å². The van der Waals surface area contributed by atoms with Gasteiger partial charge < -0.3 is 10.4 Å². The maximum Gasteiger partial charge on any atom is 0.421 e. The van der Waals surface area contributed by atoms with Crippen molar-refractivity contribution in [3.63, 3.8) is 0 Å². The van der Waals surface area contributed by atoms with Crippen LogP contribution in [0.5, 0.6) is 0 Å². The molecule has 64 valence electrons. The van der Waals surface area contributed by atoms with Gasteiger partial charge in [0.2, 0.25) is 0 Å². The molecule has 11 heavy (non-hydrogen) atoms. The second-order valence-electron chi connectivity index (χ2n) is 2.45. The Hall–Kier alpha value is -0.810. The van der Waals surface area contributed by atoms with Crippen LogP contribution in [-0.4, -0.2) is 42.4 Å². The predicted molar refractivity (Wildman–Crippen MR) is 40.2 cm³/mol. The van der Waals surface area contributed by atoms with Crippen LogP contribution in [0.3, 0.4) is 0 Å². The first-order valence-corrected chi connectivity index (χ1v) is 3.75. The number of nitrogens with zero attached hydrogens (tertiary/aromatic N) is 1. The predicted octanol–water partition coefficient (Wildman–Crippen LogP) is -0.536. The minimum atomic E-state index is -0.897. The van der Waals surface area contributed by atoms with Gasteiger partial charge in [-0.2, -0.15) is 0 Å². The fourth-order valence-corrected chi connectivity index (χ4v) is 0.564. The van der Waals surface area contributed by atoms with Gasteiger partial charge in [0.05, 0.1) is 6.54 Å². The summed E-state index contributed by atoms with van der Waals surface area (Å²) in [5.74, 6) is 0. The minimum absolute atomic E-state index is 0.620. The van der Waals surface area contributed by atoms with E-state index in [1.165, 1.54) is 19.5 Å². The molecule has 0 spiro atoms. The summed E-state index contributed by atoms with van der Waals surface area (Å²) in [6.07, 6.45) is 0.492. The molecular formula is C6H13N3O2. The zero-order valence-electron chi connectivity index (χ0n) is 6.34. The number of amides is 1. The monoisotopic (exact) mass is 159 g/mol. The lowest BCUT2D eigenvalue weighted by Gasteiger charge is -2.28. The summed E-state index contributed by atoms with van der Waals surface area (Å²) in [7, 11) is 0. The molecule has 0 aliphatic carbocycles. The van der Waals surface area contributed by atoms with E-state index in [2.05, 4.69) is 10.7 Å². The van der Waals surface area contributed by atoms with Gasteiger partial charge in [-0.1, -0.05) is 0 Å². The third kappa shape index (κ3) is 2.73. The van der Waals surface area contributed by atoms with E-state index in [-0.39, 0.29) is 0 Å². The summed E-state index contributed by atoms with van der Waals surface area (Å²) < 4.78 is 0. The van der Waals surface area contributed by atoms with Gasteiger partial charge in [0.25, 0.3) is 0 Å². The molecule has 2 aliphatic rings. The van der Waals surface area contributed by atoms with E-state index in [0.717, 1.165) is 11.6 Å². The molecule has 0 aromatic carbocycles. The van der Waals surface area contributed by atoms with Crippen molar-refractivity contribution in [2.75, 3.05) is 26.2 Å². The van der Waals surface area contributed by atoms with Crippen molar-refractivity contribution >= 4 is 6.09 Å². The number of nitrogens with one attached hydrogen (secondary N) is 2. The Bertz CT molecular complexity index is 128.